The van der Waals surface area contributed by atoms with E-state index >= 15 is 0 Å². The van der Waals surface area contributed by atoms with Crippen LogP contribution in [0.15, 0.2) is 91.0 Å². The molecule has 2 N–H and O–H groups in total. The molecule has 0 bridgehead atoms. The Balaban J connectivity index is 1.46. The van der Waals surface area contributed by atoms with Crippen molar-refractivity contribution < 1.29 is 9.59 Å². The highest BCUT2D eigenvalue weighted by Gasteiger charge is 2.32. The largest absolute Gasteiger partial charge is 0.343 e. The number of carbonyl (C=O) groups is 2. The third-order valence-electron chi connectivity index (χ3n) is 7.65. The first kappa shape index (κ1) is 25.7. The standard InChI is InChI=1S/C33H35N3O2/c1-23(34-2)32(37)35-30-21-20-26-12-6-9-15-31(26)36(33(30)38)22-27-19-18-25(28-13-7-8-14-29(27)28)17-16-24-10-4-3-5-11-24/h3-15,18-19,23,30,34H,16-17,20-22H2,1-2H3,(H,35,37)/t23-,30-/m0/s1. The SMILES string of the molecule is CN[C@@H](C)C(=O)N[C@H]1CCc2ccccc2N(Cc2ccc(CCc3ccccc3)c3ccccc23)C1=O. The molecule has 1 heterocycles. The summed E-state index contributed by atoms with van der Waals surface area (Å²) >= 11 is 0. The molecule has 0 spiro atoms. The predicted molar refractivity (Wildman–Crippen MR) is 154 cm³/mol. The van der Waals surface area contributed by atoms with Gasteiger partial charge < -0.3 is 15.5 Å². The summed E-state index contributed by atoms with van der Waals surface area (Å²) in [6.07, 6.45) is 3.24. The monoisotopic (exact) mass is 505 g/mol. The Morgan fingerprint density at radius 2 is 1.53 bits per heavy atom. The van der Waals surface area contributed by atoms with Gasteiger partial charge in [0, 0.05) is 5.69 Å². The summed E-state index contributed by atoms with van der Waals surface area (Å²) in [6.45, 7) is 2.25. The van der Waals surface area contributed by atoms with Gasteiger partial charge in [0.15, 0.2) is 0 Å². The Hall–Kier alpha value is -3.96. The Labute approximate surface area is 224 Å². The molecule has 0 aromatic heterocycles. The molecule has 1 aliphatic rings. The van der Waals surface area contributed by atoms with Gasteiger partial charge >= 0.3 is 0 Å². The van der Waals surface area contributed by atoms with Gasteiger partial charge in [0.05, 0.1) is 12.6 Å². The number of anilines is 1. The van der Waals surface area contributed by atoms with Crippen molar-refractivity contribution in [2.75, 3.05) is 11.9 Å². The molecule has 194 valence electrons. The fourth-order valence-electron chi connectivity index (χ4n) is 5.31. The number of carbonyl (C=O) groups excluding carboxylic acids is 2. The summed E-state index contributed by atoms with van der Waals surface area (Å²) in [6, 6.07) is 30.6. The van der Waals surface area contributed by atoms with Gasteiger partial charge in [-0.3, -0.25) is 9.59 Å². The minimum atomic E-state index is -0.567. The maximum absolute atomic E-state index is 13.9. The lowest BCUT2D eigenvalue weighted by atomic mass is 9.95. The van der Waals surface area contributed by atoms with Gasteiger partial charge in [-0.15, -0.1) is 0 Å². The van der Waals surface area contributed by atoms with Crippen LogP contribution in [0.4, 0.5) is 5.69 Å². The third-order valence-corrected chi connectivity index (χ3v) is 7.65. The highest BCUT2D eigenvalue weighted by atomic mass is 16.2. The number of para-hydroxylation sites is 1. The molecule has 2 atom stereocenters. The van der Waals surface area contributed by atoms with E-state index in [1.807, 2.05) is 29.2 Å². The van der Waals surface area contributed by atoms with Crippen molar-refractivity contribution in [2.24, 2.45) is 0 Å². The number of hydrogen-bond donors (Lipinski definition) is 2. The number of fused-ring (bicyclic) bond motifs is 2. The second-order valence-electron chi connectivity index (χ2n) is 10.1. The maximum Gasteiger partial charge on any atom is 0.249 e. The average Bonchev–Trinajstić information content (AvgIpc) is 3.09. The molecule has 0 unspecified atom stereocenters. The number of nitrogens with one attached hydrogen (secondary N) is 2. The number of rotatable bonds is 8. The lowest BCUT2D eigenvalue weighted by molar-refractivity contribution is -0.128. The maximum atomic E-state index is 13.9. The van der Waals surface area contributed by atoms with Crippen molar-refractivity contribution in [3.63, 3.8) is 0 Å². The smallest absolute Gasteiger partial charge is 0.249 e. The zero-order chi connectivity index (χ0) is 26.5. The van der Waals surface area contributed by atoms with Crippen molar-refractivity contribution in [3.8, 4) is 0 Å². The average molecular weight is 506 g/mol. The number of hydrogen-bond acceptors (Lipinski definition) is 3. The van der Waals surface area contributed by atoms with Gasteiger partial charge in [-0.2, -0.15) is 0 Å². The quantitative estimate of drug-likeness (QED) is 0.346. The number of benzene rings is 4. The minimum Gasteiger partial charge on any atom is -0.343 e. The van der Waals surface area contributed by atoms with E-state index in [2.05, 4.69) is 77.4 Å². The van der Waals surface area contributed by atoms with E-state index in [0.717, 1.165) is 41.5 Å². The van der Waals surface area contributed by atoms with Crippen LogP contribution < -0.4 is 15.5 Å². The first-order valence-electron chi connectivity index (χ1n) is 13.5. The third kappa shape index (κ3) is 5.48. The van der Waals surface area contributed by atoms with E-state index in [0.29, 0.717) is 13.0 Å². The summed E-state index contributed by atoms with van der Waals surface area (Å²) in [4.78, 5) is 28.4. The Morgan fingerprint density at radius 1 is 0.868 bits per heavy atom. The Morgan fingerprint density at radius 3 is 2.29 bits per heavy atom. The van der Waals surface area contributed by atoms with Crippen LogP contribution in [0.3, 0.4) is 0 Å². The van der Waals surface area contributed by atoms with Crippen LogP contribution in [-0.4, -0.2) is 30.9 Å². The highest BCUT2D eigenvalue weighted by molar-refractivity contribution is 6.01. The van der Waals surface area contributed by atoms with Crippen molar-refractivity contribution in [1.29, 1.82) is 0 Å². The Kier molecular flexibility index (Phi) is 7.85. The molecule has 1 aliphatic heterocycles. The molecule has 38 heavy (non-hydrogen) atoms. The molecule has 0 radical (unpaired) electrons. The van der Waals surface area contributed by atoms with Crippen LogP contribution in [0.25, 0.3) is 10.8 Å². The van der Waals surface area contributed by atoms with Crippen LogP contribution in [0.5, 0.6) is 0 Å². The predicted octanol–water partition coefficient (Wildman–Crippen LogP) is 5.20. The van der Waals surface area contributed by atoms with Crippen molar-refractivity contribution in [2.45, 2.75) is 51.2 Å². The second kappa shape index (κ2) is 11.6. The molecule has 0 saturated heterocycles. The molecule has 5 nitrogen and oxygen atoms in total. The minimum absolute atomic E-state index is 0.0659. The summed E-state index contributed by atoms with van der Waals surface area (Å²) in [5.41, 5.74) is 5.79. The molecule has 4 aromatic carbocycles. The zero-order valence-electron chi connectivity index (χ0n) is 22.1. The molecule has 0 aliphatic carbocycles. The highest BCUT2D eigenvalue weighted by Crippen LogP contribution is 2.31. The molecule has 5 rings (SSSR count). The van der Waals surface area contributed by atoms with E-state index in [1.54, 1.807) is 14.0 Å². The van der Waals surface area contributed by atoms with E-state index < -0.39 is 6.04 Å². The van der Waals surface area contributed by atoms with Crippen molar-refractivity contribution in [1.82, 2.24) is 10.6 Å². The van der Waals surface area contributed by atoms with E-state index in [-0.39, 0.29) is 17.9 Å². The lowest BCUT2D eigenvalue weighted by Gasteiger charge is -2.27. The zero-order valence-corrected chi connectivity index (χ0v) is 22.1. The summed E-state index contributed by atoms with van der Waals surface area (Å²) in [7, 11) is 1.75. The van der Waals surface area contributed by atoms with E-state index in [1.165, 1.54) is 16.5 Å². The first-order valence-corrected chi connectivity index (χ1v) is 13.5. The van der Waals surface area contributed by atoms with Crippen LogP contribution in [-0.2, 0) is 35.4 Å². The Bertz CT molecular complexity index is 1430. The van der Waals surface area contributed by atoms with Crippen LogP contribution in [0.2, 0.25) is 0 Å². The molecule has 2 amide bonds. The normalized spacial score (nSPS) is 16.1. The number of nitrogens with zero attached hydrogens (tertiary/aromatic N) is 1. The lowest BCUT2D eigenvalue weighted by Crippen LogP contribution is -2.52. The fourth-order valence-corrected chi connectivity index (χ4v) is 5.31. The molecule has 0 saturated carbocycles. The molecule has 5 heteroatoms. The van der Waals surface area contributed by atoms with E-state index in [9.17, 15) is 9.59 Å². The first-order chi connectivity index (χ1) is 18.5. The molecular weight excluding hydrogens is 470 g/mol. The fraction of sp³-hybridized carbons (Fsp3) is 0.273. The number of aryl methyl sites for hydroxylation is 3. The molecule has 0 fully saturated rings. The summed E-state index contributed by atoms with van der Waals surface area (Å²) < 4.78 is 0. The van der Waals surface area contributed by atoms with E-state index in [4.69, 9.17) is 0 Å². The van der Waals surface area contributed by atoms with Gasteiger partial charge in [-0.1, -0.05) is 84.9 Å². The number of amides is 2. The summed E-state index contributed by atoms with van der Waals surface area (Å²) in [5, 5.41) is 8.35. The van der Waals surface area contributed by atoms with Gasteiger partial charge in [-0.05, 0) is 78.7 Å². The van der Waals surface area contributed by atoms with Gasteiger partial charge in [0.25, 0.3) is 0 Å². The van der Waals surface area contributed by atoms with Crippen LogP contribution >= 0.6 is 0 Å². The van der Waals surface area contributed by atoms with Gasteiger partial charge in [-0.25, -0.2) is 0 Å². The number of likely N-dealkylation sites (N-methyl/N-ethyl adjacent to an activating group) is 1. The molecular formula is C33H35N3O2. The van der Waals surface area contributed by atoms with Crippen LogP contribution in [0, 0.1) is 0 Å². The second-order valence-corrected chi connectivity index (χ2v) is 10.1. The van der Waals surface area contributed by atoms with Crippen molar-refractivity contribution in [3.05, 3.63) is 113 Å². The molecule has 4 aromatic rings. The summed E-state index contributed by atoms with van der Waals surface area (Å²) in [5.74, 6) is -0.228. The van der Waals surface area contributed by atoms with Crippen molar-refractivity contribution >= 4 is 28.3 Å². The van der Waals surface area contributed by atoms with Crippen LogP contribution in [0.1, 0.15) is 35.6 Å². The van der Waals surface area contributed by atoms with Gasteiger partial charge in [0.2, 0.25) is 11.8 Å². The van der Waals surface area contributed by atoms with Gasteiger partial charge in [0.1, 0.15) is 6.04 Å². The topological polar surface area (TPSA) is 61.4 Å².